The lowest BCUT2D eigenvalue weighted by Gasteiger charge is -2.06. The Labute approximate surface area is 131 Å². The predicted octanol–water partition coefficient (Wildman–Crippen LogP) is 4.07. The van der Waals surface area contributed by atoms with Crippen LogP contribution >= 0.6 is 0 Å². The third-order valence-electron chi connectivity index (χ3n) is 3.95. The molecular formula is C19H13NO3. The van der Waals surface area contributed by atoms with Crippen LogP contribution in [-0.2, 0) is 0 Å². The monoisotopic (exact) mass is 303 g/mol. The number of rotatable bonds is 1. The SMILES string of the molecule is CC(=O)n1c2ccccc2c2oc(=O)cc(-c3ccccc3)c21. The number of hydrogen-bond acceptors (Lipinski definition) is 3. The van der Waals surface area contributed by atoms with E-state index in [-0.39, 0.29) is 5.91 Å². The van der Waals surface area contributed by atoms with Gasteiger partial charge in [-0.15, -0.1) is 0 Å². The molecule has 112 valence electrons. The lowest BCUT2D eigenvalue weighted by Crippen LogP contribution is -2.07. The molecule has 0 bridgehead atoms. The van der Waals surface area contributed by atoms with Crippen molar-refractivity contribution in [3.63, 3.8) is 0 Å². The van der Waals surface area contributed by atoms with Crippen LogP contribution in [0.3, 0.4) is 0 Å². The van der Waals surface area contributed by atoms with Gasteiger partial charge >= 0.3 is 5.63 Å². The second-order valence-corrected chi connectivity index (χ2v) is 5.39. The summed E-state index contributed by atoms with van der Waals surface area (Å²) in [4.78, 5) is 24.3. The van der Waals surface area contributed by atoms with Crippen molar-refractivity contribution in [2.75, 3.05) is 0 Å². The smallest absolute Gasteiger partial charge is 0.336 e. The number of fused-ring (bicyclic) bond motifs is 3. The number of nitrogens with zero attached hydrogens (tertiary/aromatic N) is 1. The summed E-state index contributed by atoms with van der Waals surface area (Å²) in [5.41, 5.74) is 2.95. The molecule has 0 aliphatic rings. The van der Waals surface area contributed by atoms with Crippen LogP contribution in [-0.4, -0.2) is 10.5 Å². The third-order valence-corrected chi connectivity index (χ3v) is 3.95. The average molecular weight is 303 g/mol. The first-order valence-corrected chi connectivity index (χ1v) is 7.30. The van der Waals surface area contributed by atoms with Gasteiger partial charge in [0.2, 0.25) is 5.91 Å². The van der Waals surface area contributed by atoms with Crippen LogP contribution in [0.5, 0.6) is 0 Å². The highest BCUT2D eigenvalue weighted by molar-refractivity contribution is 6.14. The fourth-order valence-corrected chi connectivity index (χ4v) is 3.04. The van der Waals surface area contributed by atoms with E-state index >= 15 is 0 Å². The van der Waals surface area contributed by atoms with Crippen molar-refractivity contribution in [3.8, 4) is 11.1 Å². The Morgan fingerprint density at radius 3 is 2.43 bits per heavy atom. The van der Waals surface area contributed by atoms with Crippen molar-refractivity contribution in [3.05, 3.63) is 71.1 Å². The van der Waals surface area contributed by atoms with Crippen LogP contribution in [0.2, 0.25) is 0 Å². The molecule has 0 aliphatic carbocycles. The van der Waals surface area contributed by atoms with Crippen molar-refractivity contribution in [2.45, 2.75) is 6.92 Å². The summed E-state index contributed by atoms with van der Waals surface area (Å²) in [5.74, 6) is -0.123. The van der Waals surface area contributed by atoms with Gasteiger partial charge in [0.05, 0.1) is 5.52 Å². The Bertz CT molecular complexity index is 1100. The number of aromatic nitrogens is 1. The minimum Gasteiger partial charge on any atom is -0.420 e. The van der Waals surface area contributed by atoms with Gasteiger partial charge in [0, 0.05) is 23.9 Å². The van der Waals surface area contributed by atoms with E-state index in [0.717, 1.165) is 16.5 Å². The Morgan fingerprint density at radius 2 is 1.70 bits per heavy atom. The molecule has 0 N–H and O–H groups in total. The molecule has 0 aliphatic heterocycles. The van der Waals surface area contributed by atoms with Crippen LogP contribution in [0.25, 0.3) is 33.1 Å². The van der Waals surface area contributed by atoms with Crippen LogP contribution in [0.4, 0.5) is 0 Å². The number of benzene rings is 2. The van der Waals surface area contributed by atoms with E-state index in [1.807, 2.05) is 54.6 Å². The van der Waals surface area contributed by atoms with E-state index < -0.39 is 5.63 Å². The van der Waals surface area contributed by atoms with Gasteiger partial charge in [-0.3, -0.25) is 9.36 Å². The van der Waals surface area contributed by atoms with Crippen molar-refractivity contribution < 1.29 is 9.21 Å². The molecule has 4 rings (SSSR count). The molecular weight excluding hydrogens is 290 g/mol. The number of para-hydroxylation sites is 1. The van der Waals surface area contributed by atoms with E-state index in [0.29, 0.717) is 16.7 Å². The van der Waals surface area contributed by atoms with E-state index in [1.165, 1.54) is 13.0 Å². The second-order valence-electron chi connectivity index (χ2n) is 5.39. The summed E-state index contributed by atoms with van der Waals surface area (Å²) in [6.45, 7) is 1.51. The molecule has 0 spiro atoms. The van der Waals surface area contributed by atoms with Gasteiger partial charge in [0.1, 0.15) is 5.52 Å². The van der Waals surface area contributed by atoms with Crippen LogP contribution in [0, 0.1) is 0 Å². The van der Waals surface area contributed by atoms with Crippen molar-refractivity contribution in [1.29, 1.82) is 0 Å². The Hall–Kier alpha value is -3.14. The van der Waals surface area contributed by atoms with E-state index in [9.17, 15) is 9.59 Å². The van der Waals surface area contributed by atoms with E-state index in [1.54, 1.807) is 4.57 Å². The van der Waals surface area contributed by atoms with Gasteiger partial charge < -0.3 is 4.42 Å². The zero-order valence-electron chi connectivity index (χ0n) is 12.4. The van der Waals surface area contributed by atoms with E-state index in [4.69, 9.17) is 4.42 Å². The van der Waals surface area contributed by atoms with Crippen LogP contribution < -0.4 is 5.63 Å². The van der Waals surface area contributed by atoms with Gasteiger partial charge in [0.25, 0.3) is 0 Å². The molecule has 2 aromatic carbocycles. The maximum Gasteiger partial charge on any atom is 0.336 e. The maximum absolute atomic E-state index is 12.2. The van der Waals surface area contributed by atoms with Crippen molar-refractivity contribution >= 4 is 27.9 Å². The molecule has 4 heteroatoms. The zero-order valence-corrected chi connectivity index (χ0v) is 12.4. The second kappa shape index (κ2) is 4.95. The summed E-state index contributed by atoms with van der Waals surface area (Å²) >= 11 is 0. The normalized spacial score (nSPS) is 11.2. The molecule has 0 atom stereocenters. The first-order valence-electron chi connectivity index (χ1n) is 7.30. The topological polar surface area (TPSA) is 52.2 Å². The standard InChI is InChI=1S/C19H13NO3/c1-12(21)20-16-10-6-5-9-14(16)19-18(20)15(11-17(22)23-19)13-7-3-2-4-8-13/h2-11H,1H3. The summed E-state index contributed by atoms with van der Waals surface area (Å²) in [5, 5.41) is 0.757. The highest BCUT2D eigenvalue weighted by atomic mass is 16.4. The molecule has 0 radical (unpaired) electrons. The Balaban J connectivity index is 2.29. The number of hydrogen-bond donors (Lipinski definition) is 0. The van der Waals surface area contributed by atoms with Gasteiger partial charge in [-0.1, -0.05) is 42.5 Å². The van der Waals surface area contributed by atoms with Crippen LogP contribution in [0.1, 0.15) is 11.7 Å². The molecule has 0 amide bonds. The van der Waals surface area contributed by atoms with E-state index in [2.05, 4.69) is 0 Å². The van der Waals surface area contributed by atoms with Crippen molar-refractivity contribution in [1.82, 2.24) is 4.57 Å². The summed E-state index contributed by atoms with van der Waals surface area (Å²) in [7, 11) is 0. The largest absolute Gasteiger partial charge is 0.420 e. The van der Waals surface area contributed by atoms with Crippen LogP contribution in [0.15, 0.2) is 69.9 Å². The highest BCUT2D eigenvalue weighted by Crippen LogP contribution is 2.34. The molecule has 4 aromatic rings. The summed E-state index contributed by atoms with van der Waals surface area (Å²) in [6.07, 6.45) is 0. The summed E-state index contributed by atoms with van der Waals surface area (Å²) < 4.78 is 7.05. The third kappa shape index (κ3) is 1.99. The lowest BCUT2D eigenvalue weighted by atomic mass is 10.1. The Morgan fingerprint density at radius 1 is 1.00 bits per heavy atom. The molecule has 4 nitrogen and oxygen atoms in total. The van der Waals surface area contributed by atoms with Crippen molar-refractivity contribution in [2.24, 2.45) is 0 Å². The molecule has 0 saturated carbocycles. The number of carbonyl (C=O) groups excluding carboxylic acids is 1. The molecule has 0 fully saturated rings. The maximum atomic E-state index is 12.2. The fraction of sp³-hybridized carbons (Fsp3) is 0.0526. The molecule has 2 aromatic heterocycles. The highest BCUT2D eigenvalue weighted by Gasteiger charge is 2.19. The minimum absolute atomic E-state index is 0.123. The zero-order chi connectivity index (χ0) is 16.0. The average Bonchev–Trinajstić information content (AvgIpc) is 2.89. The van der Waals surface area contributed by atoms with Gasteiger partial charge in [-0.25, -0.2) is 4.79 Å². The lowest BCUT2D eigenvalue weighted by molar-refractivity contribution is 0.0946. The summed E-state index contributed by atoms with van der Waals surface area (Å²) in [6, 6.07) is 18.4. The number of carbonyl (C=O) groups is 1. The van der Waals surface area contributed by atoms with Gasteiger partial charge in [-0.2, -0.15) is 0 Å². The first kappa shape index (κ1) is 13.5. The van der Waals surface area contributed by atoms with Gasteiger partial charge in [-0.05, 0) is 17.7 Å². The Kier molecular flexibility index (Phi) is 2.91. The minimum atomic E-state index is -0.428. The molecule has 23 heavy (non-hydrogen) atoms. The molecule has 2 heterocycles. The predicted molar refractivity (Wildman–Crippen MR) is 89.7 cm³/mol. The quantitative estimate of drug-likeness (QED) is 0.532. The fourth-order valence-electron chi connectivity index (χ4n) is 3.04. The molecule has 0 saturated heterocycles. The first-order chi connectivity index (χ1) is 11.2. The molecule has 0 unspecified atom stereocenters. The van der Waals surface area contributed by atoms with Gasteiger partial charge in [0.15, 0.2) is 5.58 Å².